The summed E-state index contributed by atoms with van der Waals surface area (Å²) in [6, 6.07) is 9.80. The van der Waals surface area contributed by atoms with Gasteiger partial charge in [-0.1, -0.05) is 22.9 Å². The Morgan fingerprint density at radius 3 is 2.67 bits per heavy atom. The zero-order valence-electron chi connectivity index (χ0n) is 11.7. The summed E-state index contributed by atoms with van der Waals surface area (Å²) >= 11 is 5.09. The van der Waals surface area contributed by atoms with Crippen molar-refractivity contribution < 1.29 is 4.74 Å². The molecule has 0 aliphatic rings. The molecule has 21 heavy (non-hydrogen) atoms. The second-order valence-corrected chi connectivity index (χ2v) is 6.47. The van der Waals surface area contributed by atoms with Crippen LogP contribution in [0.3, 0.4) is 0 Å². The lowest BCUT2D eigenvalue weighted by molar-refractivity contribution is 0.469. The van der Waals surface area contributed by atoms with Crippen LogP contribution in [0.1, 0.15) is 11.8 Å². The highest BCUT2D eigenvalue weighted by Gasteiger charge is 2.12. The maximum atomic E-state index is 5.94. The van der Waals surface area contributed by atoms with E-state index < -0.39 is 0 Å². The molecule has 3 aromatic rings. The van der Waals surface area contributed by atoms with Crippen molar-refractivity contribution in [2.75, 3.05) is 12.4 Å². The van der Waals surface area contributed by atoms with Gasteiger partial charge in [-0.25, -0.2) is 4.98 Å². The molecule has 4 nitrogen and oxygen atoms in total. The molecule has 2 aromatic heterocycles. The summed E-state index contributed by atoms with van der Waals surface area (Å²) in [4.78, 5) is 11.1. The van der Waals surface area contributed by atoms with Crippen LogP contribution in [0, 0.1) is 0 Å². The van der Waals surface area contributed by atoms with Crippen molar-refractivity contribution in [1.82, 2.24) is 9.97 Å². The zero-order chi connectivity index (χ0) is 14.8. The quantitative estimate of drug-likeness (QED) is 0.719. The van der Waals surface area contributed by atoms with Crippen LogP contribution in [0.25, 0.3) is 10.2 Å². The summed E-state index contributed by atoms with van der Waals surface area (Å²) in [5.74, 6) is 1.91. The van der Waals surface area contributed by atoms with Gasteiger partial charge < -0.3 is 10.1 Å². The number of anilines is 1. The van der Waals surface area contributed by atoms with Crippen molar-refractivity contribution in [2.45, 2.75) is 13.3 Å². The van der Waals surface area contributed by atoms with Gasteiger partial charge in [0.2, 0.25) is 11.8 Å². The first kappa shape index (κ1) is 14.3. The number of hydrogen-bond donors (Lipinski definition) is 1. The third-order valence-corrected chi connectivity index (χ3v) is 4.71. The van der Waals surface area contributed by atoms with Gasteiger partial charge in [-0.15, -0.1) is 11.3 Å². The highest BCUT2D eigenvalue weighted by molar-refractivity contribution is 9.10. The number of fused-ring (bicyclic) bond motifs is 1. The molecule has 2 heterocycles. The zero-order valence-corrected chi connectivity index (χ0v) is 14.1. The molecule has 6 heteroatoms. The van der Waals surface area contributed by atoms with Crippen LogP contribution in [0.15, 0.2) is 34.8 Å². The molecule has 0 amide bonds. The number of nitrogens with one attached hydrogen (secondary N) is 1. The Labute approximate surface area is 135 Å². The van der Waals surface area contributed by atoms with Crippen molar-refractivity contribution in [3.8, 4) is 11.6 Å². The van der Waals surface area contributed by atoms with Gasteiger partial charge >= 0.3 is 0 Å². The number of nitrogens with zero attached hydrogens (tertiary/aromatic N) is 2. The average molecular weight is 364 g/mol. The van der Waals surface area contributed by atoms with E-state index in [0.29, 0.717) is 11.8 Å². The molecule has 3 rings (SSSR count). The van der Waals surface area contributed by atoms with Gasteiger partial charge in [0.15, 0.2) is 0 Å². The fourth-order valence-electron chi connectivity index (χ4n) is 1.92. The second-order valence-electron chi connectivity index (χ2n) is 4.44. The highest BCUT2D eigenvalue weighted by Crippen LogP contribution is 2.34. The van der Waals surface area contributed by atoms with Gasteiger partial charge in [0.1, 0.15) is 10.6 Å². The lowest BCUT2D eigenvalue weighted by Gasteiger charge is -2.07. The van der Waals surface area contributed by atoms with E-state index >= 15 is 0 Å². The van der Waals surface area contributed by atoms with Crippen LogP contribution in [0.5, 0.6) is 11.6 Å². The van der Waals surface area contributed by atoms with Crippen LogP contribution in [0.2, 0.25) is 0 Å². The molecule has 0 spiro atoms. The number of rotatable bonds is 4. The molecule has 0 saturated carbocycles. The smallest absolute Gasteiger partial charge is 0.232 e. The molecule has 0 bridgehead atoms. The summed E-state index contributed by atoms with van der Waals surface area (Å²) in [6.45, 7) is 2.13. The Morgan fingerprint density at radius 2 is 2.00 bits per heavy atom. The van der Waals surface area contributed by atoms with Gasteiger partial charge in [0.05, 0.1) is 5.39 Å². The molecule has 0 unspecified atom stereocenters. The van der Waals surface area contributed by atoms with Crippen LogP contribution in [-0.4, -0.2) is 17.0 Å². The topological polar surface area (TPSA) is 47.0 Å². The van der Waals surface area contributed by atoms with Gasteiger partial charge in [-0.2, -0.15) is 4.98 Å². The van der Waals surface area contributed by atoms with Crippen molar-refractivity contribution in [1.29, 1.82) is 0 Å². The van der Waals surface area contributed by atoms with E-state index in [2.05, 4.69) is 44.2 Å². The van der Waals surface area contributed by atoms with Crippen LogP contribution >= 0.6 is 27.3 Å². The van der Waals surface area contributed by atoms with E-state index in [1.165, 1.54) is 4.88 Å². The minimum Gasteiger partial charge on any atom is -0.438 e. The predicted octanol–water partition coefficient (Wildman–Crippen LogP) is 4.85. The van der Waals surface area contributed by atoms with E-state index in [1.807, 2.05) is 24.3 Å². The predicted molar refractivity (Wildman–Crippen MR) is 90.6 cm³/mol. The Balaban J connectivity index is 2.06. The number of aromatic nitrogens is 2. The number of thiophene rings is 1. The first-order valence-corrected chi connectivity index (χ1v) is 8.22. The summed E-state index contributed by atoms with van der Waals surface area (Å²) in [5, 5.41) is 3.94. The molecule has 0 atom stereocenters. The van der Waals surface area contributed by atoms with Crippen LogP contribution in [-0.2, 0) is 6.42 Å². The Morgan fingerprint density at radius 1 is 1.24 bits per heavy atom. The summed E-state index contributed by atoms with van der Waals surface area (Å²) in [5.41, 5.74) is 0. The SMILES string of the molecule is CCc1cc2c(Oc3ccc(Br)cc3)nc(NC)nc2s1. The maximum Gasteiger partial charge on any atom is 0.232 e. The van der Waals surface area contributed by atoms with Gasteiger partial charge in [0.25, 0.3) is 0 Å². The molecule has 1 N–H and O–H groups in total. The monoisotopic (exact) mass is 363 g/mol. The molecular formula is C15H14BrN3OS. The van der Waals surface area contributed by atoms with Crippen molar-refractivity contribution in [3.05, 3.63) is 39.7 Å². The first-order chi connectivity index (χ1) is 10.2. The molecule has 0 saturated heterocycles. The van der Waals surface area contributed by atoms with E-state index in [1.54, 1.807) is 18.4 Å². The van der Waals surface area contributed by atoms with Crippen molar-refractivity contribution >= 4 is 43.4 Å². The number of aryl methyl sites for hydroxylation is 1. The molecule has 0 aliphatic heterocycles. The number of ether oxygens (including phenoxy) is 1. The molecule has 108 valence electrons. The summed E-state index contributed by atoms with van der Waals surface area (Å²) < 4.78 is 6.96. The number of benzene rings is 1. The largest absolute Gasteiger partial charge is 0.438 e. The molecule has 1 aromatic carbocycles. The summed E-state index contributed by atoms with van der Waals surface area (Å²) in [7, 11) is 1.80. The molecule has 0 radical (unpaired) electrons. The minimum absolute atomic E-state index is 0.569. The number of halogens is 1. The second kappa shape index (κ2) is 5.99. The third-order valence-electron chi connectivity index (χ3n) is 3.01. The fraction of sp³-hybridized carbons (Fsp3) is 0.200. The Bertz CT molecular complexity index is 770. The highest BCUT2D eigenvalue weighted by atomic mass is 79.9. The van der Waals surface area contributed by atoms with Crippen LogP contribution < -0.4 is 10.1 Å². The van der Waals surface area contributed by atoms with E-state index in [4.69, 9.17) is 4.74 Å². The summed E-state index contributed by atoms with van der Waals surface area (Å²) in [6.07, 6.45) is 0.980. The minimum atomic E-state index is 0.569. The third kappa shape index (κ3) is 3.01. The Hall–Kier alpha value is -1.66. The lowest BCUT2D eigenvalue weighted by Crippen LogP contribution is -1.98. The van der Waals surface area contributed by atoms with Crippen molar-refractivity contribution in [2.24, 2.45) is 0 Å². The van der Waals surface area contributed by atoms with E-state index in [9.17, 15) is 0 Å². The molecule has 0 fully saturated rings. The maximum absolute atomic E-state index is 5.94. The van der Waals surface area contributed by atoms with E-state index in [-0.39, 0.29) is 0 Å². The van der Waals surface area contributed by atoms with Gasteiger partial charge in [-0.05, 0) is 36.8 Å². The first-order valence-electron chi connectivity index (χ1n) is 6.61. The van der Waals surface area contributed by atoms with Crippen LogP contribution in [0.4, 0.5) is 5.95 Å². The number of hydrogen-bond acceptors (Lipinski definition) is 5. The average Bonchev–Trinajstić information content (AvgIpc) is 2.92. The lowest BCUT2D eigenvalue weighted by atomic mass is 10.3. The van der Waals surface area contributed by atoms with E-state index in [0.717, 1.165) is 26.9 Å². The van der Waals surface area contributed by atoms with Crippen molar-refractivity contribution in [3.63, 3.8) is 0 Å². The van der Waals surface area contributed by atoms with Gasteiger partial charge in [-0.3, -0.25) is 0 Å². The normalized spacial score (nSPS) is 10.8. The molecule has 0 aliphatic carbocycles. The standard InChI is InChI=1S/C15H14BrN3OS/c1-3-11-8-12-13(18-15(17-2)19-14(12)21-11)20-10-6-4-9(16)5-7-10/h4-8H,3H2,1-2H3,(H,17,18,19). The fourth-order valence-corrected chi connectivity index (χ4v) is 3.15. The van der Waals surface area contributed by atoms with Gasteiger partial charge in [0, 0.05) is 16.4 Å². The Kier molecular flexibility index (Phi) is 4.07. The molecular weight excluding hydrogens is 350 g/mol.